The van der Waals surface area contributed by atoms with Gasteiger partial charge in [0.1, 0.15) is 5.69 Å². The molecule has 25 heavy (non-hydrogen) atoms. The first kappa shape index (κ1) is 17.4. The van der Waals surface area contributed by atoms with Crippen LogP contribution in [0.5, 0.6) is 0 Å². The number of anilines is 1. The average Bonchev–Trinajstić information content (AvgIpc) is 3.13. The summed E-state index contributed by atoms with van der Waals surface area (Å²) in [6.45, 7) is 1.18. The SMILES string of the molecule is O=C(Nc1cccc(Cl)c1)c1ccnc(C(=O)NCC2CCCO2)c1. The maximum Gasteiger partial charge on any atom is 0.269 e. The topological polar surface area (TPSA) is 80.3 Å². The van der Waals surface area contributed by atoms with Gasteiger partial charge >= 0.3 is 0 Å². The predicted octanol–water partition coefficient (Wildman–Crippen LogP) is 2.90. The first-order valence-corrected chi connectivity index (χ1v) is 8.42. The van der Waals surface area contributed by atoms with Crippen molar-refractivity contribution < 1.29 is 14.3 Å². The van der Waals surface area contributed by atoms with E-state index < -0.39 is 0 Å². The molecule has 0 saturated carbocycles. The monoisotopic (exact) mass is 359 g/mol. The molecule has 1 aliphatic heterocycles. The second-order valence-electron chi connectivity index (χ2n) is 5.74. The summed E-state index contributed by atoms with van der Waals surface area (Å²) in [5.74, 6) is -0.661. The molecule has 1 aromatic heterocycles. The normalized spacial score (nSPS) is 16.4. The highest BCUT2D eigenvalue weighted by molar-refractivity contribution is 6.31. The van der Waals surface area contributed by atoms with E-state index in [0.29, 0.717) is 22.8 Å². The van der Waals surface area contributed by atoms with E-state index in [4.69, 9.17) is 16.3 Å². The molecule has 2 amide bonds. The van der Waals surface area contributed by atoms with Gasteiger partial charge in [-0.15, -0.1) is 0 Å². The van der Waals surface area contributed by atoms with Gasteiger partial charge in [-0.2, -0.15) is 0 Å². The van der Waals surface area contributed by atoms with Gasteiger partial charge in [0.25, 0.3) is 11.8 Å². The summed E-state index contributed by atoms with van der Waals surface area (Å²) < 4.78 is 5.47. The Labute approximate surface area is 150 Å². The first-order valence-electron chi connectivity index (χ1n) is 8.04. The molecule has 0 aliphatic carbocycles. The van der Waals surface area contributed by atoms with Crippen molar-refractivity contribution in [1.29, 1.82) is 0 Å². The summed E-state index contributed by atoms with van der Waals surface area (Å²) in [6.07, 6.45) is 3.44. The summed E-state index contributed by atoms with van der Waals surface area (Å²) in [7, 11) is 0. The molecule has 130 valence electrons. The molecule has 0 spiro atoms. The minimum Gasteiger partial charge on any atom is -0.376 e. The number of aromatic nitrogens is 1. The van der Waals surface area contributed by atoms with Crippen LogP contribution in [0.4, 0.5) is 5.69 Å². The molecule has 1 aromatic carbocycles. The molecule has 6 nitrogen and oxygen atoms in total. The molecule has 0 bridgehead atoms. The van der Waals surface area contributed by atoms with E-state index in [1.165, 1.54) is 12.3 Å². The Hall–Kier alpha value is -2.44. The lowest BCUT2D eigenvalue weighted by molar-refractivity contribution is 0.0853. The molecule has 7 heteroatoms. The number of carbonyl (C=O) groups excluding carboxylic acids is 2. The minimum atomic E-state index is -0.335. The number of ether oxygens (including phenoxy) is 1. The maximum absolute atomic E-state index is 12.3. The van der Waals surface area contributed by atoms with Crippen molar-refractivity contribution in [3.63, 3.8) is 0 Å². The van der Waals surface area contributed by atoms with Crippen LogP contribution < -0.4 is 10.6 Å². The highest BCUT2D eigenvalue weighted by atomic mass is 35.5. The fraction of sp³-hybridized carbons (Fsp3) is 0.278. The number of benzene rings is 1. The molecular weight excluding hydrogens is 342 g/mol. The van der Waals surface area contributed by atoms with E-state index in [1.54, 1.807) is 30.3 Å². The van der Waals surface area contributed by atoms with Gasteiger partial charge in [-0.05, 0) is 43.2 Å². The van der Waals surface area contributed by atoms with E-state index in [1.807, 2.05) is 0 Å². The van der Waals surface area contributed by atoms with E-state index in [9.17, 15) is 9.59 Å². The minimum absolute atomic E-state index is 0.0539. The third-order valence-electron chi connectivity index (χ3n) is 3.85. The van der Waals surface area contributed by atoms with Crippen LogP contribution in [0.2, 0.25) is 5.02 Å². The molecule has 1 atom stereocenters. The van der Waals surface area contributed by atoms with E-state index in [0.717, 1.165) is 19.4 Å². The fourth-order valence-corrected chi connectivity index (χ4v) is 2.76. The molecule has 1 aliphatic rings. The number of hydrogen-bond donors (Lipinski definition) is 2. The summed E-state index contributed by atoms with van der Waals surface area (Å²) in [6, 6.07) is 9.87. The second kappa shape index (κ2) is 8.09. The lowest BCUT2D eigenvalue weighted by Crippen LogP contribution is -2.32. The van der Waals surface area contributed by atoms with Crippen LogP contribution in [-0.4, -0.2) is 36.1 Å². The zero-order valence-electron chi connectivity index (χ0n) is 13.5. The molecule has 2 N–H and O–H groups in total. The molecule has 2 heterocycles. The third kappa shape index (κ3) is 4.78. The largest absolute Gasteiger partial charge is 0.376 e. The standard InChI is InChI=1S/C18H18ClN3O3/c19-13-3-1-4-14(10-13)22-17(23)12-6-7-20-16(9-12)18(24)21-11-15-5-2-8-25-15/h1,3-4,6-7,9-10,15H,2,5,8,11H2,(H,21,24)(H,22,23). The zero-order chi connectivity index (χ0) is 17.6. The van der Waals surface area contributed by atoms with Crippen molar-refractivity contribution in [3.05, 3.63) is 58.9 Å². The predicted molar refractivity (Wildman–Crippen MR) is 94.9 cm³/mol. The van der Waals surface area contributed by atoms with Gasteiger partial charge in [-0.3, -0.25) is 14.6 Å². The fourth-order valence-electron chi connectivity index (χ4n) is 2.57. The van der Waals surface area contributed by atoms with Crippen LogP contribution in [0.3, 0.4) is 0 Å². The molecule has 3 rings (SSSR count). The third-order valence-corrected chi connectivity index (χ3v) is 4.09. The van der Waals surface area contributed by atoms with Gasteiger partial charge in [0.05, 0.1) is 6.10 Å². The Bertz CT molecular complexity index is 776. The second-order valence-corrected chi connectivity index (χ2v) is 6.18. The number of hydrogen-bond acceptors (Lipinski definition) is 4. The summed E-state index contributed by atoms with van der Waals surface area (Å²) in [5.41, 5.74) is 1.12. The van der Waals surface area contributed by atoms with Crippen LogP contribution in [0.1, 0.15) is 33.7 Å². The molecule has 1 unspecified atom stereocenters. The Morgan fingerprint density at radius 1 is 1.24 bits per heavy atom. The van der Waals surface area contributed by atoms with Crippen molar-refractivity contribution >= 4 is 29.1 Å². The lowest BCUT2D eigenvalue weighted by atomic mass is 10.2. The van der Waals surface area contributed by atoms with Crippen LogP contribution in [0.15, 0.2) is 42.6 Å². The average molecular weight is 360 g/mol. The highest BCUT2D eigenvalue weighted by Crippen LogP contribution is 2.16. The summed E-state index contributed by atoms with van der Waals surface area (Å²) >= 11 is 5.91. The van der Waals surface area contributed by atoms with Crippen LogP contribution in [-0.2, 0) is 4.74 Å². The molecule has 1 fully saturated rings. The van der Waals surface area contributed by atoms with Crippen LogP contribution in [0, 0.1) is 0 Å². The number of nitrogens with zero attached hydrogens (tertiary/aromatic N) is 1. The Kier molecular flexibility index (Phi) is 5.63. The summed E-state index contributed by atoms with van der Waals surface area (Å²) in [5, 5.41) is 6.06. The van der Waals surface area contributed by atoms with Gasteiger partial charge in [0.15, 0.2) is 0 Å². The smallest absolute Gasteiger partial charge is 0.269 e. The van der Waals surface area contributed by atoms with Gasteiger partial charge < -0.3 is 15.4 Å². The highest BCUT2D eigenvalue weighted by Gasteiger charge is 2.18. The Morgan fingerprint density at radius 3 is 2.88 bits per heavy atom. The van der Waals surface area contributed by atoms with Gasteiger partial charge in [-0.1, -0.05) is 17.7 Å². The van der Waals surface area contributed by atoms with Crippen molar-refractivity contribution in [2.24, 2.45) is 0 Å². The molecule has 1 saturated heterocycles. The van der Waals surface area contributed by atoms with Gasteiger partial charge in [0.2, 0.25) is 0 Å². The number of pyridine rings is 1. The molecule has 2 aromatic rings. The zero-order valence-corrected chi connectivity index (χ0v) is 14.3. The number of nitrogens with one attached hydrogen (secondary N) is 2. The Morgan fingerprint density at radius 2 is 2.12 bits per heavy atom. The maximum atomic E-state index is 12.3. The van der Waals surface area contributed by atoms with Crippen molar-refractivity contribution in [2.75, 3.05) is 18.5 Å². The van der Waals surface area contributed by atoms with Crippen molar-refractivity contribution in [2.45, 2.75) is 18.9 Å². The number of carbonyl (C=O) groups is 2. The number of rotatable bonds is 5. The summed E-state index contributed by atoms with van der Waals surface area (Å²) in [4.78, 5) is 28.6. The lowest BCUT2D eigenvalue weighted by Gasteiger charge is -2.11. The van der Waals surface area contributed by atoms with Crippen molar-refractivity contribution in [1.82, 2.24) is 10.3 Å². The number of amides is 2. The quantitative estimate of drug-likeness (QED) is 0.860. The van der Waals surface area contributed by atoms with Crippen LogP contribution >= 0.6 is 11.6 Å². The van der Waals surface area contributed by atoms with Gasteiger partial charge in [-0.25, -0.2) is 0 Å². The Balaban J connectivity index is 1.63. The van der Waals surface area contributed by atoms with E-state index >= 15 is 0 Å². The molecule has 0 radical (unpaired) electrons. The van der Waals surface area contributed by atoms with Gasteiger partial charge in [0, 0.05) is 35.6 Å². The van der Waals surface area contributed by atoms with E-state index in [2.05, 4.69) is 15.6 Å². The van der Waals surface area contributed by atoms with E-state index in [-0.39, 0.29) is 23.6 Å². The van der Waals surface area contributed by atoms with Crippen LogP contribution in [0.25, 0.3) is 0 Å². The first-order chi connectivity index (χ1) is 12.1. The molecular formula is C18H18ClN3O3. The van der Waals surface area contributed by atoms with Crippen molar-refractivity contribution in [3.8, 4) is 0 Å². The number of halogens is 1.